The van der Waals surface area contributed by atoms with E-state index in [0.29, 0.717) is 47.3 Å². The molecule has 9 aromatic rings. The Kier molecular flexibility index (Phi) is 17.5. The first kappa shape index (κ1) is 51.7. The van der Waals surface area contributed by atoms with Gasteiger partial charge in [0.25, 0.3) is 0 Å². The van der Waals surface area contributed by atoms with Crippen molar-refractivity contribution in [2.45, 2.75) is 158 Å². The second kappa shape index (κ2) is 23.1. The van der Waals surface area contributed by atoms with Crippen LogP contribution in [0.4, 0.5) is 0 Å². The first-order valence-electron chi connectivity index (χ1n) is 25.9. The van der Waals surface area contributed by atoms with Gasteiger partial charge in [0.15, 0.2) is 0 Å². The Bertz CT molecular complexity index is 2840. The maximum Gasteiger partial charge on any atom is -0.0102 e. The van der Waals surface area contributed by atoms with Gasteiger partial charge in [0.1, 0.15) is 0 Å². The highest BCUT2D eigenvalue weighted by atomic mass is 14.2. The van der Waals surface area contributed by atoms with Crippen LogP contribution in [0.25, 0.3) is 53.9 Å². The van der Waals surface area contributed by atoms with Gasteiger partial charge in [0.05, 0.1) is 0 Å². The molecule has 0 unspecified atom stereocenters. The maximum absolute atomic E-state index is 2.36. The van der Waals surface area contributed by atoms with Crippen molar-refractivity contribution in [1.29, 1.82) is 0 Å². The summed E-state index contributed by atoms with van der Waals surface area (Å²) in [6.07, 6.45) is 0. The van der Waals surface area contributed by atoms with E-state index in [9.17, 15) is 0 Å². The second-order valence-corrected chi connectivity index (χ2v) is 21.6. The predicted octanol–water partition coefficient (Wildman–Crippen LogP) is 21.5. The number of hydrogen-bond donors (Lipinski definition) is 0. The Labute approximate surface area is 412 Å². The summed E-state index contributed by atoms with van der Waals surface area (Å²) in [4.78, 5) is 0. The molecule has 0 aliphatic carbocycles. The molecular weight excluding hydrogens is 817 g/mol. The number of rotatable bonds is 8. The van der Waals surface area contributed by atoms with Gasteiger partial charge in [0, 0.05) is 0 Å². The molecule has 68 heavy (non-hydrogen) atoms. The van der Waals surface area contributed by atoms with Crippen LogP contribution in [0, 0.1) is 0 Å². The molecule has 0 aliphatic heterocycles. The van der Waals surface area contributed by atoms with E-state index >= 15 is 0 Å². The Morgan fingerprint density at radius 1 is 0.191 bits per heavy atom. The summed E-state index contributed by atoms with van der Waals surface area (Å²) in [6.45, 7) is 36.6. The van der Waals surface area contributed by atoms with E-state index < -0.39 is 0 Å². The molecule has 0 aromatic heterocycles. The van der Waals surface area contributed by atoms with Crippen molar-refractivity contribution >= 4 is 53.9 Å². The van der Waals surface area contributed by atoms with E-state index in [1.807, 2.05) is 0 Å². The zero-order chi connectivity index (χ0) is 49.4. The monoisotopic (exact) mass is 899 g/mol. The van der Waals surface area contributed by atoms with Gasteiger partial charge in [-0.2, -0.15) is 0 Å². The lowest BCUT2D eigenvalue weighted by Gasteiger charge is -2.22. The molecule has 0 spiro atoms. The standard InChI is InChI=1S/C20H22.3C16H20/c1-13(2)19-17-11-7-5-9-15(17)16-10-6-8-12-18(16)20(19)14(3)4;1-11(2)15-9-13-7-5-6-8-14(13)10-16(15)12(3)4;2*1-11(2)14-10-9-13-7-5-6-8-15(13)16(14)12(3)4/h5-14H,1-4H3;3*5-12H,1-4H3. The molecule has 0 saturated heterocycles. The summed E-state index contributed by atoms with van der Waals surface area (Å²) >= 11 is 0. The summed E-state index contributed by atoms with van der Waals surface area (Å²) in [5.74, 6) is 4.66. The summed E-state index contributed by atoms with van der Waals surface area (Å²) in [6, 6.07) is 57.5. The van der Waals surface area contributed by atoms with Crippen molar-refractivity contribution < 1.29 is 0 Å². The van der Waals surface area contributed by atoms with Gasteiger partial charge in [-0.25, -0.2) is 0 Å². The minimum Gasteiger partial charge on any atom is -0.0616 e. The average Bonchev–Trinajstić information content (AvgIpc) is 3.32. The molecule has 9 rings (SSSR count). The average molecular weight is 899 g/mol. The largest absolute Gasteiger partial charge is 0.0616 e. The molecule has 0 nitrogen and oxygen atoms in total. The Morgan fingerprint density at radius 3 is 0.721 bits per heavy atom. The molecule has 354 valence electrons. The minimum absolute atomic E-state index is 0.543. The van der Waals surface area contributed by atoms with E-state index in [1.165, 1.54) is 98.4 Å². The van der Waals surface area contributed by atoms with E-state index in [-0.39, 0.29) is 0 Å². The normalized spacial score (nSPS) is 11.7. The molecule has 0 atom stereocenters. The highest BCUT2D eigenvalue weighted by Gasteiger charge is 2.19. The number of hydrogen-bond acceptors (Lipinski definition) is 0. The molecule has 0 heterocycles. The molecule has 0 fully saturated rings. The zero-order valence-corrected chi connectivity index (χ0v) is 44.6. The smallest absolute Gasteiger partial charge is 0.0102 e. The van der Waals surface area contributed by atoms with Crippen LogP contribution in [0.1, 0.15) is 203 Å². The van der Waals surface area contributed by atoms with E-state index in [2.05, 4.69) is 269 Å². The lowest BCUT2D eigenvalue weighted by atomic mass is 9.82. The van der Waals surface area contributed by atoms with Gasteiger partial charge in [-0.15, -0.1) is 0 Å². The Morgan fingerprint density at radius 2 is 0.441 bits per heavy atom. The van der Waals surface area contributed by atoms with Crippen LogP contribution in [-0.4, -0.2) is 0 Å². The lowest BCUT2D eigenvalue weighted by molar-refractivity contribution is 0.793. The first-order chi connectivity index (χ1) is 32.4. The van der Waals surface area contributed by atoms with Gasteiger partial charge in [-0.1, -0.05) is 269 Å². The van der Waals surface area contributed by atoms with Crippen LogP contribution < -0.4 is 0 Å². The molecule has 0 aliphatic rings. The third-order valence-electron chi connectivity index (χ3n) is 13.8. The van der Waals surface area contributed by atoms with E-state index in [1.54, 1.807) is 0 Å². The SMILES string of the molecule is CC(C)c1c(C(C)C)c2ccccc2c2ccccc12.CC(C)c1cc2ccccc2cc1C(C)C.CC(C)c1ccc2ccccc2c1C(C)C.CC(C)c1ccc2ccccc2c1C(C)C. The van der Waals surface area contributed by atoms with Crippen LogP contribution >= 0.6 is 0 Å². The second-order valence-electron chi connectivity index (χ2n) is 21.6. The first-order valence-corrected chi connectivity index (χ1v) is 25.9. The molecule has 0 bridgehead atoms. The summed E-state index contributed by atoms with van der Waals surface area (Å²) in [7, 11) is 0. The van der Waals surface area contributed by atoms with E-state index in [0.717, 1.165) is 0 Å². The predicted molar refractivity (Wildman–Crippen MR) is 306 cm³/mol. The Hall–Kier alpha value is -5.72. The fraction of sp³-hybridized carbons (Fsp3) is 0.353. The summed E-state index contributed by atoms with van der Waals surface area (Å²) < 4.78 is 0. The number of benzene rings is 9. The molecule has 0 N–H and O–H groups in total. The van der Waals surface area contributed by atoms with Gasteiger partial charge < -0.3 is 0 Å². The minimum atomic E-state index is 0.543. The highest BCUT2D eigenvalue weighted by Crippen LogP contribution is 2.40. The zero-order valence-electron chi connectivity index (χ0n) is 44.6. The van der Waals surface area contributed by atoms with Crippen molar-refractivity contribution in [2.75, 3.05) is 0 Å². The van der Waals surface area contributed by atoms with Crippen molar-refractivity contribution in [2.24, 2.45) is 0 Å². The topological polar surface area (TPSA) is 0 Å². The fourth-order valence-corrected chi connectivity index (χ4v) is 10.6. The van der Waals surface area contributed by atoms with Crippen LogP contribution in [0.3, 0.4) is 0 Å². The molecule has 0 amide bonds. The summed E-state index contributed by atoms with van der Waals surface area (Å²) in [5, 5.41) is 13.9. The molecule has 0 saturated carbocycles. The number of fused-ring (bicyclic) bond motifs is 6. The van der Waals surface area contributed by atoms with Crippen LogP contribution in [0.15, 0.2) is 158 Å². The maximum atomic E-state index is 2.36. The quantitative estimate of drug-likeness (QED) is 0.133. The van der Waals surface area contributed by atoms with Crippen LogP contribution in [0.5, 0.6) is 0 Å². The third-order valence-corrected chi connectivity index (χ3v) is 13.8. The van der Waals surface area contributed by atoms with Crippen molar-refractivity contribution in [1.82, 2.24) is 0 Å². The van der Waals surface area contributed by atoms with Gasteiger partial charge in [-0.3, -0.25) is 0 Å². The van der Waals surface area contributed by atoms with Crippen molar-refractivity contribution in [3.8, 4) is 0 Å². The summed E-state index contributed by atoms with van der Waals surface area (Å²) in [5.41, 5.74) is 12.1. The lowest BCUT2D eigenvalue weighted by Crippen LogP contribution is -2.01. The third kappa shape index (κ3) is 11.6. The fourth-order valence-electron chi connectivity index (χ4n) is 10.6. The molecule has 9 aromatic carbocycles. The molecule has 0 radical (unpaired) electrons. The van der Waals surface area contributed by atoms with Crippen LogP contribution in [0.2, 0.25) is 0 Å². The van der Waals surface area contributed by atoms with E-state index in [4.69, 9.17) is 0 Å². The van der Waals surface area contributed by atoms with Gasteiger partial charge in [0.2, 0.25) is 0 Å². The van der Waals surface area contributed by atoms with Crippen molar-refractivity contribution in [3.63, 3.8) is 0 Å². The van der Waals surface area contributed by atoms with Crippen LogP contribution in [-0.2, 0) is 0 Å². The van der Waals surface area contributed by atoms with Gasteiger partial charge >= 0.3 is 0 Å². The highest BCUT2D eigenvalue weighted by molar-refractivity contribution is 6.11. The molecule has 0 heteroatoms. The van der Waals surface area contributed by atoms with Crippen molar-refractivity contribution in [3.05, 3.63) is 202 Å². The van der Waals surface area contributed by atoms with Gasteiger partial charge in [-0.05, 0) is 146 Å². The Balaban J connectivity index is 0.000000150. The molecular formula is C68H82.